The minimum atomic E-state index is -0.293. The first-order valence-corrected chi connectivity index (χ1v) is 6.26. The summed E-state index contributed by atoms with van der Waals surface area (Å²) in [6.45, 7) is 0.679. The van der Waals surface area contributed by atoms with Crippen LogP contribution in [0.4, 0.5) is 4.39 Å². The molecule has 94 valence electrons. The van der Waals surface area contributed by atoms with E-state index in [9.17, 15) is 4.39 Å². The van der Waals surface area contributed by atoms with Gasteiger partial charge in [-0.2, -0.15) is 0 Å². The summed E-state index contributed by atoms with van der Waals surface area (Å²) in [5, 5.41) is 4.01. The van der Waals surface area contributed by atoms with Gasteiger partial charge in [0.2, 0.25) is 0 Å². The molecule has 0 spiro atoms. The van der Waals surface area contributed by atoms with E-state index in [0.717, 1.165) is 5.56 Å². The molecule has 0 heterocycles. The Morgan fingerprint density at radius 2 is 1.83 bits per heavy atom. The topological polar surface area (TPSA) is 12.0 Å². The largest absolute Gasteiger partial charge is 0.316 e. The van der Waals surface area contributed by atoms with E-state index in [4.69, 9.17) is 23.2 Å². The molecule has 0 atom stereocenters. The standard InChI is InChI=1S/C14H12Cl2FN/c1-18-8-9-2-5-14(17)12(6-9)11-4-3-10(15)7-13(11)16/h2-7,18H,8H2,1H3. The highest BCUT2D eigenvalue weighted by molar-refractivity contribution is 6.36. The van der Waals surface area contributed by atoms with E-state index >= 15 is 0 Å². The molecule has 4 heteroatoms. The van der Waals surface area contributed by atoms with Gasteiger partial charge >= 0.3 is 0 Å². The van der Waals surface area contributed by atoms with E-state index in [1.807, 2.05) is 7.05 Å². The van der Waals surface area contributed by atoms with E-state index in [0.29, 0.717) is 27.7 Å². The molecule has 0 aliphatic rings. The highest BCUT2D eigenvalue weighted by Crippen LogP contribution is 2.32. The van der Waals surface area contributed by atoms with Gasteiger partial charge in [0.15, 0.2) is 0 Å². The Kier molecular flexibility index (Phi) is 4.23. The first-order chi connectivity index (χ1) is 8.61. The molecule has 0 saturated carbocycles. The van der Waals surface area contributed by atoms with Crippen LogP contribution in [0.5, 0.6) is 0 Å². The van der Waals surface area contributed by atoms with Crippen LogP contribution in [0, 0.1) is 5.82 Å². The lowest BCUT2D eigenvalue weighted by Gasteiger charge is -2.09. The van der Waals surface area contributed by atoms with Crippen LogP contribution in [0.15, 0.2) is 36.4 Å². The summed E-state index contributed by atoms with van der Waals surface area (Å²) in [5.41, 5.74) is 2.14. The summed E-state index contributed by atoms with van der Waals surface area (Å²) in [5.74, 6) is -0.293. The van der Waals surface area contributed by atoms with Crippen molar-refractivity contribution in [3.8, 4) is 11.1 Å². The Morgan fingerprint density at radius 1 is 1.06 bits per heavy atom. The Bertz CT molecular complexity index is 570. The van der Waals surface area contributed by atoms with Gasteiger partial charge in [0, 0.05) is 27.7 Å². The number of nitrogens with one attached hydrogen (secondary N) is 1. The number of hydrogen-bond donors (Lipinski definition) is 1. The van der Waals surface area contributed by atoms with Crippen molar-refractivity contribution in [1.29, 1.82) is 0 Å². The summed E-state index contributed by atoms with van der Waals surface area (Å²) < 4.78 is 13.9. The Hall–Kier alpha value is -1.09. The molecule has 0 saturated heterocycles. The van der Waals surface area contributed by atoms with Gasteiger partial charge in [-0.3, -0.25) is 0 Å². The quantitative estimate of drug-likeness (QED) is 0.873. The molecule has 2 rings (SSSR count). The lowest BCUT2D eigenvalue weighted by atomic mass is 10.0. The maximum Gasteiger partial charge on any atom is 0.131 e. The predicted octanol–water partition coefficient (Wildman–Crippen LogP) is 4.52. The summed E-state index contributed by atoms with van der Waals surface area (Å²) >= 11 is 11.9. The SMILES string of the molecule is CNCc1ccc(F)c(-c2ccc(Cl)cc2Cl)c1. The second-order valence-electron chi connectivity index (χ2n) is 3.97. The minimum Gasteiger partial charge on any atom is -0.316 e. The fourth-order valence-electron chi connectivity index (χ4n) is 1.80. The third kappa shape index (κ3) is 2.83. The predicted molar refractivity (Wildman–Crippen MR) is 74.6 cm³/mol. The molecule has 2 aromatic rings. The summed E-state index contributed by atoms with van der Waals surface area (Å²) in [4.78, 5) is 0. The molecule has 2 aromatic carbocycles. The molecule has 0 aliphatic carbocycles. The van der Waals surface area contributed by atoms with Crippen LogP contribution in [-0.4, -0.2) is 7.05 Å². The second-order valence-corrected chi connectivity index (χ2v) is 4.81. The lowest BCUT2D eigenvalue weighted by molar-refractivity contribution is 0.630. The minimum absolute atomic E-state index is 0.293. The molecule has 0 radical (unpaired) electrons. The third-order valence-corrected chi connectivity index (χ3v) is 3.18. The highest BCUT2D eigenvalue weighted by atomic mass is 35.5. The summed E-state index contributed by atoms with van der Waals surface area (Å²) in [7, 11) is 1.85. The average Bonchev–Trinajstić information content (AvgIpc) is 2.33. The lowest BCUT2D eigenvalue weighted by Crippen LogP contribution is -2.05. The Morgan fingerprint density at radius 3 is 2.50 bits per heavy atom. The summed E-state index contributed by atoms with van der Waals surface area (Å²) in [6, 6.07) is 10.0. The van der Waals surface area contributed by atoms with Gasteiger partial charge in [0.1, 0.15) is 5.82 Å². The van der Waals surface area contributed by atoms with Gasteiger partial charge < -0.3 is 5.32 Å². The van der Waals surface area contributed by atoms with E-state index in [-0.39, 0.29) is 5.82 Å². The van der Waals surface area contributed by atoms with Crippen LogP contribution < -0.4 is 5.32 Å². The third-order valence-electron chi connectivity index (χ3n) is 2.63. The van der Waals surface area contributed by atoms with Crippen LogP contribution in [0.25, 0.3) is 11.1 Å². The molecule has 0 amide bonds. The second kappa shape index (κ2) is 5.70. The Labute approximate surface area is 116 Å². The van der Waals surface area contributed by atoms with Crippen molar-refractivity contribution in [2.24, 2.45) is 0 Å². The smallest absolute Gasteiger partial charge is 0.131 e. The van der Waals surface area contributed by atoms with Crippen LogP contribution >= 0.6 is 23.2 Å². The molecule has 0 bridgehead atoms. The molecule has 18 heavy (non-hydrogen) atoms. The zero-order valence-electron chi connectivity index (χ0n) is 9.81. The van der Waals surface area contributed by atoms with Crippen molar-refractivity contribution in [2.75, 3.05) is 7.05 Å². The van der Waals surface area contributed by atoms with Gasteiger partial charge in [-0.25, -0.2) is 4.39 Å². The fourth-order valence-corrected chi connectivity index (χ4v) is 2.31. The first kappa shape index (κ1) is 13.3. The van der Waals surface area contributed by atoms with Gasteiger partial charge in [0.25, 0.3) is 0 Å². The zero-order valence-corrected chi connectivity index (χ0v) is 11.3. The first-order valence-electron chi connectivity index (χ1n) is 5.50. The fraction of sp³-hybridized carbons (Fsp3) is 0.143. The number of rotatable bonds is 3. The molecule has 0 aliphatic heterocycles. The van der Waals surface area contributed by atoms with Crippen LogP contribution in [0.2, 0.25) is 10.0 Å². The molecule has 0 aromatic heterocycles. The number of halogens is 3. The van der Waals surface area contributed by atoms with E-state index < -0.39 is 0 Å². The molecular weight excluding hydrogens is 272 g/mol. The molecular formula is C14H12Cl2FN. The number of hydrogen-bond acceptors (Lipinski definition) is 1. The van der Waals surface area contributed by atoms with Crippen molar-refractivity contribution in [3.05, 3.63) is 57.8 Å². The molecule has 1 N–H and O–H groups in total. The van der Waals surface area contributed by atoms with Gasteiger partial charge in [-0.15, -0.1) is 0 Å². The van der Waals surface area contributed by atoms with Crippen molar-refractivity contribution < 1.29 is 4.39 Å². The molecule has 1 nitrogen and oxygen atoms in total. The van der Waals surface area contributed by atoms with Gasteiger partial charge in [-0.05, 0) is 36.9 Å². The Balaban J connectivity index is 2.51. The van der Waals surface area contributed by atoms with Crippen LogP contribution in [0.3, 0.4) is 0 Å². The van der Waals surface area contributed by atoms with Gasteiger partial charge in [0.05, 0.1) is 0 Å². The number of benzene rings is 2. The van der Waals surface area contributed by atoms with Crippen LogP contribution in [-0.2, 0) is 6.54 Å². The van der Waals surface area contributed by atoms with E-state index in [1.54, 1.807) is 30.3 Å². The average molecular weight is 284 g/mol. The highest BCUT2D eigenvalue weighted by Gasteiger charge is 2.10. The zero-order chi connectivity index (χ0) is 13.1. The molecule has 0 unspecified atom stereocenters. The molecule has 0 fully saturated rings. The van der Waals surface area contributed by atoms with Gasteiger partial charge in [-0.1, -0.05) is 35.3 Å². The summed E-state index contributed by atoms with van der Waals surface area (Å²) in [6.07, 6.45) is 0. The normalized spacial score (nSPS) is 10.7. The monoisotopic (exact) mass is 283 g/mol. The van der Waals surface area contributed by atoms with Crippen molar-refractivity contribution in [1.82, 2.24) is 5.32 Å². The van der Waals surface area contributed by atoms with Crippen molar-refractivity contribution in [3.63, 3.8) is 0 Å². The van der Waals surface area contributed by atoms with E-state index in [1.165, 1.54) is 6.07 Å². The van der Waals surface area contributed by atoms with Crippen LogP contribution in [0.1, 0.15) is 5.56 Å². The maximum atomic E-state index is 13.9. The van der Waals surface area contributed by atoms with E-state index in [2.05, 4.69) is 5.32 Å². The maximum absolute atomic E-state index is 13.9. The van der Waals surface area contributed by atoms with Crippen molar-refractivity contribution >= 4 is 23.2 Å². The van der Waals surface area contributed by atoms with Crippen molar-refractivity contribution in [2.45, 2.75) is 6.54 Å².